The summed E-state index contributed by atoms with van der Waals surface area (Å²) in [5, 5.41) is 1.73. The summed E-state index contributed by atoms with van der Waals surface area (Å²) in [5.41, 5.74) is 0. The minimum absolute atomic E-state index is 0.0255. The number of rotatable bonds is 0. The molecule has 1 aliphatic heterocycles. The van der Waals surface area contributed by atoms with Gasteiger partial charge < -0.3 is 0 Å². The maximum Gasteiger partial charge on any atom is 0.261 e. The number of sulfone groups is 1. The Bertz CT molecular complexity index is 205. The zero-order valence-electron chi connectivity index (χ0n) is 4.05. The molecular weight excluding hydrogens is 130 g/mol. The third-order valence-corrected chi connectivity index (χ3v) is 2.33. The van der Waals surface area contributed by atoms with Crippen LogP contribution in [0.15, 0.2) is 0 Å². The van der Waals surface area contributed by atoms with E-state index in [1.807, 2.05) is 0 Å². The van der Waals surface area contributed by atoms with Gasteiger partial charge in [0.15, 0.2) is 0 Å². The Morgan fingerprint density at radius 2 is 2.12 bits per heavy atom. The van der Waals surface area contributed by atoms with Gasteiger partial charge in [-0.1, -0.05) is 0 Å². The van der Waals surface area contributed by atoms with Crippen LogP contribution in [0.5, 0.6) is 0 Å². The minimum Gasteiger partial charge on any atom is -0.295 e. The first kappa shape index (κ1) is 5.71. The summed E-state index contributed by atoms with van der Waals surface area (Å²) >= 11 is 0. The first-order valence-electron chi connectivity index (χ1n) is 2.09. The summed E-state index contributed by atoms with van der Waals surface area (Å²) in [4.78, 5) is 10.2. The van der Waals surface area contributed by atoms with Crippen LogP contribution in [-0.4, -0.2) is 26.0 Å². The first-order valence-corrected chi connectivity index (χ1v) is 3.74. The normalized spacial score (nSPS) is 26.2. The topological polar surface area (TPSA) is 63.2 Å². The Morgan fingerprint density at radius 3 is 2.25 bits per heavy atom. The standard InChI is InChI=1S/C3H5NO3S/c5-3-1-4-2-8(3,6)7/h4H,1-2H2. The van der Waals surface area contributed by atoms with Crippen LogP contribution in [0.25, 0.3) is 0 Å². The lowest BCUT2D eigenvalue weighted by Crippen LogP contribution is -2.09. The summed E-state index contributed by atoms with van der Waals surface area (Å²) < 4.78 is 20.7. The quantitative estimate of drug-likeness (QED) is 0.438. The highest BCUT2D eigenvalue weighted by Crippen LogP contribution is 1.95. The lowest BCUT2D eigenvalue weighted by molar-refractivity contribution is -0.110. The molecule has 1 fully saturated rings. The number of hydrogen-bond acceptors (Lipinski definition) is 4. The molecule has 1 saturated heterocycles. The zero-order valence-corrected chi connectivity index (χ0v) is 4.86. The second-order valence-electron chi connectivity index (χ2n) is 1.56. The Kier molecular flexibility index (Phi) is 1.09. The van der Waals surface area contributed by atoms with Crippen molar-refractivity contribution in [2.75, 3.05) is 12.4 Å². The van der Waals surface area contributed by atoms with E-state index in [2.05, 4.69) is 5.32 Å². The molecule has 0 atom stereocenters. The molecule has 1 N–H and O–H groups in total. The van der Waals surface area contributed by atoms with E-state index in [1.165, 1.54) is 0 Å². The smallest absolute Gasteiger partial charge is 0.261 e. The molecule has 4 nitrogen and oxygen atoms in total. The fourth-order valence-corrected chi connectivity index (χ4v) is 1.33. The van der Waals surface area contributed by atoms with E-state index >= 15 is 0 Å². The molecule has 0 aromatic rings. The highest BCUT2D eigenvalue weighted by Gasteiger charge is 2.27. The summed E-state index contributed by atoms with van der Waals surface area (Å²) in [6.07, 6.45) is 0. The predicted molar refractivity (Wildman–Crippen MR) is 26.8 cm³/mol. The average molecular weight is 135 g/mol. The van der Waals surface area contributed by atoms with Gasteiger partial charge in [0.2, 0.25) is 9.84 Å². The summed E-state index contributed by atoms with van der Waals surface area (Å²) in [6, 6.07) is 0. The molecule has 0 aromatic heterocycles. The van der Waals surface area contributed by atoms with Crippen LogP contribution in [0.4, 0.5) is 0 Å². The molecule has 0 amide bonds. The van der Waals surface area contributed by atoms with Crippen molar-refractivity contribution in [2.45, 2.75) is 0 Å². The van der Waals surface area contributed by atoms with Gasteiger partial charge in [-0.3, -0.25) is 10.1 Å². The van der Waals surface area contributed by atoms with Gasteiger partial charge >= 0.3 is 0 Å². The molecule has 0 spiro atoms. The molecule has 0 radical (unpaired) electrons. The molecule has 46 valence electrons. The van der Waals surface area contributed by atoms with Crippen LogP contribution in [0, 0.1) is 0 Å². The van der Waals surface area contributed by atoms with E-state index < -0.39 is 15.0 Å². The van der Waals surface area contributed by atoms with Crippen molar-refractivity contribution in [1.82, 2.24) is 5.32 Å². The number of carbonyl (C=O) groups excluding carboxylic acids is 1. The van der Waals surface area contributed by atoms with Crippen molar-refractivity contribution in [2.24, 2.45) is 0 Å². The van der Waals surface area contributed by atoms with Gasteiger partial charge in [-0.15, -0.1) is 0 Å². The van der Waals surface area contributed by atoms with E-state index in [1.54, 1.807) is 0 Å². The molecule has 0 aliphatic carbocycles. The van der Waals surface area contributed by atoms with Crippen molar-refractivity contribution in [1.29, 1.82) is 0 Å². The van der Waals surface area contributed by atoms with E-state index in [4.69, 9.17) is 0 Å². The van der Waals surface area contributed by atoms with E-state index in [-0.39, 0.29) is 12.4 Å². The third-order valence-electron chi connectivity index (χ3n) is 0.908. The fourth-order valence-electron chi connectivity index (χ4n) is 0.478. The first-order chi connectivity index (χ1) is 3.63. The second kappa shape index (κ2) is 1.53. The molecule has 8 heavy (non-hydrogen) atoms. The minimum atomic E-state index is -3.37. The SMILES string of the molecule is O=C1CNCS1(=O)=O. The number of carbonyl (C=O) groups is 1. The second-order valence-corrected chi connectivity index (χ2v) is 3.53. The molecule has 0 unspecified atom stereocenters. The largest absolute Gasteiger partial charge is 0.295 e. The molecule has 1 rings (SSSR count). The lowest BCUT2D eigenvalue weighted by Gasteiger charge is -1.80. The van der Waals surface area contributed by atoms with Gasteiger partial charge in [-0.05, 0) is 0 Å². The van der Waals surface area contributed by atoms with Crippen molar-refractivity contribution < 1.29 is 13.2 Å². The molecular formula is C3H5NO3S. The van der Waals surface area contributed by atoms with Gasteiger partial charge in [0, 0.05) is 0 Å². The van der Waals surface area contributed by atoms with Gasteiger partial charge in [0.05, 0.1) is 6.54 Å². The van der Waals surface area contributed by atoms with Crippen LogP contribution in [0.3, 0.4) is 0 Å². The Morgan fingerprint density at radius 1 is 1.50 bits per heavy atom. The maximum absolute atomic E-state index is 10.3. The summed E-state index contributed by atoms with van der Waals surface area (Å²) in [5.74, 6) is -0.189. The maximum atomic E-state index is 10.3. The molecule has 1 aliphatic rings. The van der Waals surface area contributed by atoms with Gasteiger partial charge in [-0.25, -0.2) is 8.42 Å². The monoisotopic (exact) mass is 135 g/mol. The van der Waals surface area contributed by atoms with Gasteiger partial charge in [-0.2, -0.15) is 0 Å². The van der Waals surface area contributed by atoms with Crippen molar-refractivity contribution >= 4 is 15.0 Å². The van der Waals surface area contributed by atoms with Gasteiger partial charge in [0.25, 0.3) is 5.12 Å². The Labute approximate surface area is 46.8 Å². The summed E-state index contributed by atoms with van der Waals surface area (Å²) in [7, 11) is -3.37. The van der Waals surface area contributed by atoms with Crippen LogP contribution in [0.1, 0.15) is 0 Å². The average Bonchev–Trinajstić information content (AvgIpc) is 1.86. The van der Waals surface area contributed by atoms with E-state index in [9.17, 15) is 13.2 Å². The van der Waals surface area contributed by atoms with Crippen molar-refractivity contribution in [3.63, 3.8) is 0 Å². The number of nitrogens with one attached hydrogen (secondary N) is 1. The van der Waals surface area contributed by atoms with Crippen LogP contribution in [0.2, 0.25) is 0 Å². The fraction of sp³-hybridized carbons (Fsp3) is 0.667. The van der Waals surface area contributed by atoms with Gasteiger partial charge in [0.1, 0.15) is 5.88 Å². The highest BCUT2D eigenvalue weighted by atomic mass is 32.2. The van der Waals surface area contributed by atoms with Crippen molar-refractivity contribution in [3.05, 3.63) is 0 Å². The van der Waals surface area contributed by atoms with E-state index in [0.29, 0.717) is 0 Å². The molecule has 0 aromatic carbocycles. The lowest BCUT2D eigenvalue weighted by atomic mass is 10.7. The Balaban J connectivity index is 3.02. The predicted octanol–water partition coefficient (Wildman–Crippen LogP) is -1.51. The highest BCUT2D eigenvalue weighted by molar-refractivity contribution is 8.06. The molecule has 0 bridgehead atoms. The van der Waals surface area contributed by atoms with Crippen LogP contribution in [-0.2, 0) is 14.6 Å². The third kappa shape index (κ3) is 0.740. The van der Waals surface area contributed by atoms with Crippen LogP contribution >= 0.6 is 0 Å². The molecule has 1 heterocycles. The molecule has 5 heteroatoms. The number of hydrogen-bond donors (Lipinski definition) is 1. The zero-order chi connectivity index (χ0) is 6.20. The summed E-state index contributed by atoms with van der Waals surface area (Å²) in [6.45, 7) is -0.0255. The van der Waals surface area contributed by atoms with E-state index in [0.717, 1.165) is 0 Å². The molecule has 0 saturated carbocycles. The van der Waals surface area contributed by atoms with Crippen molar-refractivity contribution in [3.8, 4) is 0 Å². The Hall–Kier alpha value is -0.420. The van der Waals surface area contributed by atoms with Crippen LogP contribution < -0.4 is 5.32 Å².